The van der Waals surface area contributed by atoms with Gasteiger partial charge in [0.05, 0.1) is 0 Å². The number of fused-ring (bicyclic) bond motifs is 1. The summed E-state index contributed by atoms with van der Waals surface area (Å²) in [5.41, 5.74) is 0.261. The van der Waals surface area contributed by atoms with Gasteiger partial charge in [0.25, 0.3) is 5.91 Å². The first kappa shape index (κ1) is 18.6. The Morgan fingerprint density at radius 3 is 3.04 bits per heavy atom. The zero-order valence-electron chi connectivity index (χ0n) is 15.7. The molecule has 2 aliphatic rings. The lowest BCUT2D eigenvalue weighted by atomic mass is 10.1. The van der Waals surface area contributed by atoms with Gasteiger partial charge in [-0.05, 0) is 25.6 Å². The Hall–Kier alpha value is -2.78. The number of hydrogen-bond donors (Lipinski definition) is 1. The minimum Gasteiger partial charge on any atom is -0.484 e. The fourth-order valence-electron chi connectivity index (χ4n) is 3.34. The molecule has 0 saturated carbocycles. The van der Waals surface area contributed by atoms with E-state index >= 15 is 0 Å². The average Bonchev–Trinajstić information content (AvgIpc) is 3.36. The topological polar surface area (TPSA) is 97.5 Å². The summed E-state index contributed by atoms with van der Waals surface area (Å²) >= 11 is 0. The normalized spacial score (nSPS) is 19.1. The van der Waals surface area contributed by atoms with Crippen LogP contribution in [0, 0.1) is 0 Å². The van der Waals surface area contributed by atoms with Gasteiger partial charge >= 0.3 is 0 Å². The minimum absolute atomic E-state index is 0.0995. The van der Waals surface area contributed by atoms with Gasteiger partial charge < -0.3 is 28.6 Å². The van der Waals surface area contributed by atoms with Gasteiger partial charge in [-0.25, -0.2) is 4.98 Å². The summed E-state index contributed by atoms with van der Waals surface area (Å²) in [7, 11) is 2.00. The number of rotatable bonds is 6. The summed E-state index contributed by atoms with van der Waals surface area (Å²) in [6.45, 7) is 2.34. The molecule has 4 rings (SSSR count). The van der Waals surface area contributed by atoms with E-state index in [1.54, 1.807) is 23.1 Å². The Morgan fingerprint density at radius 2 is 2.18 bits per heavy atom. The number of nitrogens with zero attached hydrogens (tertiary/aromatic N) is 3. The van der Waals surface area contributed by atoms with E-state index in [-0.39, 0.29) is 37.6 Å². The van der Waals surface area contributed by atoms with Crippen LogP contribution in [-0.4, -0.2) is 71.9 Å². The quantitative estimate of drug-likeness (QED) is 0.785. The van der Waals surface area contributed by atoms with Crippen LogP contribution < -0.4 is 14.2 Å². The molecule has 2 aliphatic heterocycles. The third kappa shape index (κ3) is 3.90. The standard InChI is InChI=1S/C19H23N3O6/c1-21-5-6-22(9-13(21)4-7-23)19(24)15-10-26-18(20-15)11-25-14-2-3-16-17(8-14)28-12-27-16/h2-3,8,10,13,23H,4-7,9,11-12H2,1H3/t13-/m1/s1. The summed E-state index contributed by atoms with van der Waals surface area (Å²) in [5, 5.41) is 9.20. The molecule has 1 aromatic carbocycles. The van der Waals surface area contributed by atoms with E-state index in [1.165, 1.54) is 6.26 Å². The molecule has 28 heavy (non-hydrogen) atoms. The number of likely N-dealkylation sites (N-methyl/N-ethyl adjacent to an activating group) is 1. The fraction of sp³-hybridized carbons (Fsp3) is 0.474. The lowest BCUT2D eigenvalue weighted by Crippen LogP contribution is -2.53. The van der Waals surface area contributed by atoms with Crippen molar-refractivity contribution in [3.63, 3.8) is 0 Å². The highest BCUT2D eigenvalue weighted by atomic mass is 16.7. The molecule has 9 heteroatoms. The van der Waals surface area contributed by atoms with Crippen LogP contribution in [0.2, 0.25) is 0 Å². The first-order chi connectivity index (χ1) is 13.6. The molecule has 1 N–H and O–H groups in total. The van der Waals surface area contributed by atoms with Crippen LogP contribution in [0.3, 0.4) is 0 Å². The van der Waals surface area contributed by atoms with Crippen molar-refractivity contribution in [2.24, 2.45) is 0 Å². The number of hydrogen-bond acceptors (Lipinski definition) is 8. The number of aliphatic hydroxyl groups is 1. The van der Waals surface area contributed by atoms with Gasteiger partial charge in [-0.15, -0.1) is 0 Å². The lowest BCUT2D eigenvalue weighted by molar-refractivity contribution is 0.0495. The zero-order valence-corrected chi connectivity index (χ0v) is 15.7. The average molecular weight is 389 g/mol. The van der Waals surface area contributed by atoms with Crippen molar-refractivity contribution in [2.75, 3.05) is 40.1 Å². The predicted octanol–water partition coefficient (Wildman–Crippen LogP) is 1.12. The number of aliphatic hydroxyl groups excluding tert-OH is 1. The van der Waals surface area contributed by atoms with Gasteiger partial charge in [0, 0.05) is 38.3 Å². The van der Waals surface area contributed by atoms with Crippen molar-refractivity contribution in [3.8, 4) is 17.2 Å². The highest BCUT2D eigenvalue weighted by Gasteiger charge is 2.29. The van der Waals surface area contributed by atoms with E-state index in [0.717, 1.165) is 6.54 Å². The summed E-state index contributed by atoms with van der Waals surface area (Å²) in [4.78, 5) is 20.9. The van der Waals surface area contributed by atoms with Crippen LogP contribution in [0.1, 0.15) is 22.8 Å². The Bertz CT molecular complexity index is 839. The van der Waals surface area contributed by atoms with Gasteiger partial charge in [0.1, 0.15) is 12.0 Å². The maximum absolute atomic E-state index is 12.7. The third-order valence-corrected chi connectivity index (χ3v) is 5.00. The second-order valence-corrected chi connectivity index (χ2v) is 6.83. The number of benzene rings is 1. The highest BCUT2D eigenvalue weighted by molar-refractivity contribution is 5.92. The molecule has 2 aromatic rings. The SMILES string of the molecule is CN1CCN(C(=O)c2coc(COc3ccc4c(c3)OCO4)n2)C[C@H]1CCO. The van der Waals surface area contributed by atoms with E-state index in [2.05, 4.69) is 9.88 Å². The van der Waals surface area contributed by atoms with Gasteiger partial charge in [-0.2, -0.15) is 0 Å². The first-order valence-corrected chi connectivity index (χ1v) is 9.21. The van der Waals surface area contributed by atoms with Crippen molar-refractivity contribution in [3.05, 3.63) is 36.0 Å². The number of carbonyl (C=O) groups excluding carboxylic acids is 1. The number of aromatic nitrogens is 1. The molecule has 0 spiro atoms. The van der Waals surface area contributed by atoms with Crippen molar-refractivity contribution in [1.82, 2.24) is 14.8 Å². The molecule has 1 fully saturated rings. The molecule has 0 radical (unpaired) electrons. The Labute approximate surface area is 162 Å². The number of piperazine rings is 1. The Kier molecular flexibility index (Phi) is 5.36. The van der Waals surface area contributed by atoms with Gasteiger partial charge in [0.2, 0.25) is 12.7 Å². The lowest BCUT2D eigenvalue weighted by Gasteiger charge is -2.39. The van der Waals surface area contributed by atoms with Crippen LogP contribution in [-0.2, 0) is 6.61 Å². The van der Waals surface area contributed by atoms with Crippen molar-refractivity contribution in [1.29, 1.82) is 0 Å². The van der Waals surface area contributed by atoms with E-state index in [9.17, 15) is 9.90 Å². The molecular weight excluding hydrogens is 366 g/mol. The van der Waals surface area contributed by atoms with Gasteiger partial charge in [0.15, 0.2) is 23.8 Å². The molecule has 3 heterocycles. The van der Waals surface area contributed by atoms with E-state index in [0.29, 0.717) is 42.6 Å². The van der Waals surface area contributed by atoms with Crippen LogP contribution in [0.4, 0.5) is 0 Å². The van der Waals surface area contributed by atoms with Crippen LogP contribution >= 0.6 is 0 Å². The number of amides is 1. The summed E-state index contributed by atoms with van der Waals surface area (Å²) < 4.78 is 21.6. The molecule has 0 unspecified atom stereocenters. The first-order valence-electron chi connectivity index (χ1n) is 9.21. The molecule has 1 aromatic heterocycles. The molecule has 1 amide bonds. The summed E-state index contributed by atoms with van der Waals surface area (Å²) in [6, 6.07) is 5.43. The van der Waals surface area contributed by atoms with E-state index in [1.807, 2.05) is 7.05 Å². The Morgan fingerprint density at radius 1 is 1.32 bits per heavy atom. The predicted molar refractivity (Wildman–Crippen MR) is 97.4 cm³/mol. The van der Waals surface area contributed by atoms with Crippen molar-refractivity contribution in [2.45, 2.75) is 19.1 Å². The zero-order chi connectivity index (χ0) is 19.5. The molecule has 1 atom stereocenters. The van der Waals surface area contributed by atoms with Crippen LogP contribution in [0.5, 0.6) is 17.2 Å². The molecule has 0 aliphatic carbocycles. The van der Waals surface area contributed by atoms with Crippen LogP contribution in [0.25, 0.3) is 0 Å². The van der Waals surface area contributed by atoms with Crippen LogP contribution in [0.15, 0.2) is 28.9 Å². The number of oxazole rings is 1. The fourth-order valence-corrected chi connectivity index (χ4v) is 3.34. The number of carbonyl (C=O) groups is 1. The van der Waals surface area contributed by atoms with Crippen molar-refractivity contribution < 1.29 is 28.5 Å². The van der Waals surface area contributed by atoms with E-state index < -0.39 is 0 Å². The largest absolute Gasteiger partial charge is 0.484 e. The molecule has 0 bridgehead atoms. The maximum atomic E-state index is 12.7. The molecule has 1 saturated heterocycles. The molecular formula is C19H23N3O6. The monoisotopic (exact) mass is 389 g/mol. The number of ether oxygens (including phenoxy) is 3. The molecule has 150 valence electrons. The Balaban J connectivity index is 1.35. The maximum Gasteiger partial charge on any atom is 0.275 e. The van der Waals surface area contributed by atoms with Gasteiger partial charge in [-0.3, -0.25) is 9.69 Å². The van der Waals surface area contributed by atoms with Crippen molar-refractivity contribution >= 4 is 5.91 Å². The third-order valence-electron chi connectivity index (χ3n) is 5.00. The molecule has 9 nitrogen and oxygen atoms in total. The minimum atomic E-state index is -0.172. The summed E-state index contributed by atoms with van der Waals surface area (Å²) in [5.74, 6) is 2.06. The van der Waals surface area contributed by atoms with Gasteiger partial charge in [-0.1, -0.05) is 0 Å². The summed E-state index contributed by atoms with van der Waals surface area (Å²) in [6.07, 6.45) is 1.99. The highest BCUT2D eigenvalue weighted by Crippen LogP contribution is 2.35. The smallest absolute Gasteiger partial charge is 0.275 e. The second-order valence-electron chi connectivity index (χ2n) is 6.83. The van der Waals surface area contributed by atoms with E-state index in [4.69, 9.17) is 18.6 Å². The second kappa shape index (κ2) is 8.07.